The lowest BCUT2D eigenvalue weighted by atomic mass is 10.1. The topological polar surface area (TPSA) is 49.8 Å². The molecule has 1 saturated carbocycles. The van der Waals surface area contributed by atoms with Gasteiger partial charge in [-0.05, 0) is 24.8 Å². The monoisotopic (exact) mass is 262 g/mol. The molecule has 0 amide bonds. The van der Waals surface area contributed by atoms with Crippen LogP contribution < -0.4 is 10.6 Å². The first-order chi connectivity index (χ1) is 9.24. The molecular formula is C15H26N4. The Hall–Kier alpha value is -1.32. The highest BCUT2D eigenvalue weighted by atomic mass is 15.1. The van der Waals surface area contributed by atoms with Gasteiger partial charge in [0.05, 0.1) is 0 Å². The zero-order valence-corrected chi connectivity index (χ0v) is 12.2. The van der Waals surface area contributed by atoms with E-state index < -0.39 is 0 Å². The number of nitrogens with one attached hydrogen (secondary N) is 2. The normalized spacial score (nSPS) is 17.2. The predicted molar refractivity (Wildman–Crippen MR) is 80.5 cm³/mol. The van der Waals surface area contributed by atoms with Crippen molar-refractivity contribution in [1.82, 2.24) is 9.97 Å². The molecule has 0 aromatic carbocycles. The second kappa shape index (κ2) is 7.31. The third kappa shape index (κ3) is 5.05. The van der Waals surface area contributed by atoms with E-state index in [-0.39, 0.29) is 0 Å². The van der Waals surface area contributed by atoms with Gasteiger partial charge in [0.25, 0.3) is 0 Å². The largest absolute Gasteiger partial charge is 0.370 e. The summed E-state index contributed by atoms with van der Waals surface area (Å²) in [5, 5.41) is 6.83. The Bertz CT molecular complexity index is 370. The minimum Gasteiger partial charge on any atom is -0.370 e. The second-order valence-corrected chi connectivity index (χ2v) is 5.87. The third-order valence-corrected chi connectivity index (χ3v) is 3.54. The van der Waals surface area contributed by atoms with E-state index in [1.54, 1.807) is 0 Å². The van der Waals surface area contributed by atoms with Crippen molar-refractivity contribution in [2.45, 2.75) is 58.4 Å². The van der Waals surface area contributed by atoms with Crippen molar-refractivity contribution < 1.29 is 0 Å². The van der Waals surface area contributed by atoms with Gasteiger partial charge in [0.2, 0.25) is 5.95 Å². The Morgan fingerprint density at radius 2 is 1.95 bits per heavy atom. The van der Waals surface area contributed by atoms with E-state index in [4.69, 9.17) is 0 Å². The van der Waals surface area contributed by atoms with Gasteiger partial charge in [-0.1, -0.05) is 39.5 Å². The van der Waals surface area contributed by atoms with Crippen molar-refractivity contribution in [3.63, 3.8) is 0 Å². The molecule has 1 aromatic rings. The van der Waals surface area contributed by atoms with Crippen molar-refractivity contribution in [2.75, 3.05) is 17.2 Å². The first kappa shape index (κ1) is 14.1. The molecule has 1 fully saturated rings. The van der Waals surface area contributed by atoms with Crippen LogP contribution in [-0.2, 0) is 0 Å². The molecule has 2 rings (SSSR count). The summed E-state index contributed by atoms with van der Waals surface area (Å²) in [7, 11) is 0. The summed E-state index contributed by atoms with van der Waals surface area (Å²) in [6.07, 6.45) is 9.70. The molecule has 106 valence electrons. The van der Waals surface area contributed by atoms with Crippen LogP contribution in [0, 0.1) is 5.92 Å². The van der Waals surface area contributed by atoms with Gasteiger partial charge in [0.1, 0.15) is 5.82 Å². The van der Waals surface area contributed by atoms with Crippen LogP contribution in [0.5, 0.6) is 0 Å². The average Bonchev–Trinajstić information content (AvgIpc) is 2.65. The molecule has 1 aliphatic carbocycles. The molecule has 2 N–H and O–H groups in total. The average molecular weight is 262 g/mol. The van der Waals surface area contributed by atoms with E-state index in [1.165, 1.54) is 38.5 Å². The van der Waals surface area contributed by atoms with Crippen molar-refractivity contribution in [1.29, 1.82) is 0 Å². The van der Waals surface area contributed by atoms with Crippen LogP contribution in [0.4, 0.5) is 11.8 Å². The van der Waals surface area contributed by atoms with Gasteiger partial charge in [-0.3, -0.25) is 0 Å². The standard InChI is InChI=1S/C15H26N4/c1-12(2)11-17-14-9-10-16-15(19-14)18-13-7-5-3-4-6-8-13/h9-10,12-13H,3-8,11H2,1-2H3,(H2,16,17,18,19). The van der Waals surface area contributed by atoms with E-state index in [2.05, 4.69) is 34.4 Å². The number of hydrogen-bond donors (Lipinski definition) is 2. The summed E-state index contributed by atoms with van der Waals surface area (Å²) in [6.45, 7) is 5.33. The highest BCUT2D eigenvalue weighted by Gasteiger charge is 2.13. The first-order valence-corrected chi connectivity index (χ1v) is 7.57. The van der Waals surface area contributed by atoms with Crippen LogP contribution in [0.2, 0.25) is 0 Å². The summed E-state index contributed by atoms with van der Waals surface area (Å²) in [5.41, 5.74) is 0. The Balaban J connectivity index is 1.90. The second-order valence-electron chi connectivity index (χ2n) is 5.87. The van der Waals surface area contributed by atoms with Crippen molar-refractivity contribution in [2.24, 2.45) is 5.92 Å². The van der Waals surface area contributed by atoms with E-state index >= 15 is 0 Å². The van der Waals surface area contributed by atoms with Crippen LogP contribution in [-0.4, -0.2) is 22.6 Å². The van der Waals surface area contributed by atoms with Crippen LogP contribution in [0.1, 0.15) is 52.4 Å². The third-order valence-electron chi connectivity index (χ3n) is 3.54. The van der Waals surface area contributed by atoms with Gasteiger partial charge in [-0.15, -0.1) is 0 Å². The van der Waals surface area contributed by atoms with Crippen LogP contribution >= 0.6 is 0 Å². The molecule has 19 heavy (non-hydrogen) atoms. The van der Waals surface area contributed by atoms with Gasteiger partial charge in [0.15, 0.2) is 0 Å². The SMILES string of the molecule is CC(C)CNc1ccnc(NC2CCCCCC2)n1. The minimum atomic E-state index is 0.544. The molecule has 0 aliphatic heterocycles. The van der Waals surface area contributed by atoms with Gasteiger partial charge in [-0.25, -0.2) is 4.98 Å². The lowest BCUT2D eigenvalue weighted by Crippen LogP contribution is -2.20. The molecule has 0 radical (unpaired) electrons. The summed E-state index contributed by atoms with van der Waals surface area (Å²) in [5.74, 6) is 2.30. The molecule has 0 spiro atoms. The Labute approximate surface area is 116 Å². The zero-order valence-electron chi connectivity index (χ0n) is 12.2. The maximum atomic E-state index is 4.54. The van der Waals surface area contributed by atoms with Crippen LogP contribution in [0.3, 0.4) is 0 Å². The van der Waals surface area contributed by atoms with Crippen molar-refractivity contribution >= 4 is 11.8 Å². The zero-order chi connectivity index (χ0) is 13.5. The van der Waals surface area contributed by atoms with Gasteiger partial charge >= 0.3 is 0 Å². The number of aromatic nitrogens is 2. The molecule has 1 aliphatic rings. The van der Waals surface area contributed by atoms with Gasteiger partial charge in [0, 0.05) is 18.8 Å². The molecule has 4 nitrogen and oxygen atoms in total. The Morgan fingerprint density at radius 1 is 1.21 bits per heavy atom. The maximum Gasteiger partial charge on any atom is 0.224 e. The lowest BCUT2D eigenvalue weighted by Gasteiger charge is -2.16. The molecule has 0 unspecified atom stereocenters. The van der Waals surface area contributed by atoms with E-state index in [0.717, 1.165) is 18.3 Å². The predicted octanol–water partition coefficient (Wildman–Crippen LogP) is 3.68. The van der Waals surface area contributed by atoms with E-state index in [1.807, 2.05) is 12.3 Å². The summed E-state index contributed by atoms with van der Waals surface area (Å²) < 4.78 is 0. The molecule has 4 heteroatoms. The highest BCUT2D eigenvalue weighted by Crippen LogP contribution is 2.20. The molecule has 0 saturated heterocycles. The summed E-state index contributed by atoms with van der Waals surface area (Å²) in [4.78, 5) is 8.87. The smallest absolute Gasteiger partial charge is 0.224 e. The Kier molecular flexibility index (Phi) is 5.43. The molecule has 0 atom stereocenters. The number of rotatable bonds is 5. The summed E-state index contributed by atoms with van der Waals surface area (Å²) in [6, 6.07) is 2.48. The van der Waals surface area contributed by atoms with Crippen molar-refractivity contribution in [3.8, 4) is 0 Å². The van der Waals surface area contributed by atoms with Gasteiger partial charge < -0.3 is 10.6 Å². The minimum absolute atomic E-state index is 0.544. The van der Waals surface area contributed by atoms with Gasteiger partial charge in [-0.2, -0.15) is 4.98 Å². The maximum absolute atomic E-state index is 4.54. The molecule has 1 aromatic heterocycles. The van der Waals surface area contributed by atoms with Crippen LogP contribution in [0.25, 0.3) is 0 Å². The van der Waals surface area contributed by atoms with Crippen molar-refractivity contribution in [3.05, 3.63) is 12.3 Å². The number of anilines is 2. The molecule has 1 heterocycles. The molecular weight excluding hydrogens is 236 g/mol. The first-order valence-electron chi connectivity index (χ1n) is 7.57. The highest BCUT2D eigenvalue weighted by molar-refractivity contribution is 5.39. The van der Waals surface area contributed by atoms with Crippen LogP contribution in [0.15, 0.2) is 12.3 Å². The fraction of sp³-hybridized carbons (Fsp3) is 0.733. The lowest BCUT2D eigenvalue weighted by molar-refractivity contribution is 0.614. The quantitative estimate of drug-likeness (QED) is 0.795. The van der Waals surface area contributed by atoms with E-state index in [0.29, 0.717) is 12.0 Å². The molecule has 0 bridgehead atoms. The summed E-state index contributed by atoms with van der Waals surface area (Å²) >= 11 is 0. The fourth-order valence-electron chi connectivity index (χ4n) is 2.44. The fourth-order valence-corrected chi connectivity index (χ4v) is 2.44. The van der Waals surface area contributed by atoms with E-state index in [9.17, 15) is 0 Å². The number of nitrogens with zero attached hydrogens (tertiary/aromatic N) is 2. The number of hydrogen-bond acceptors (Lipinski definition) is 4. The Morgan fingerprint density at radius 3 is 2.63 bits per heavy atom.